The van der Waals surface area contributed by atoms with Crippen molar-refractivity contribution in [2.75, 3.05) is 5.75 Å². The first kappa shape index (κ1) is 10.4. The van der Waals surface area contributed by atoms with Crippen LogP contribution in [-0.4, -0.2) is 17.0 Å². The molecule has 1 aliphatic rings. The summed E-state index contributed by atoms with van der Waals surface area (Å²) in [6, 6.07) is 0.547. The Bertz CT molecular complexity index is 124. The maximum atomic E-state index is 5.51. The molecule has 1 aliphatic carbocycles. The lowest BCUT2D eigenvalue weighted by atomic mass is 9.80. The largest absolute Gasteiger partial charge is 0.271 e. The quantitative estimate of drug-likeness (QED) is 0.510. The SMILES string of the molecule is CC(C)SCC(NN)C1CCC1. The average Bonchev–Trinajstić information content (AvgIpc) is 1.93. The van der Waals surface area contributed by atoms with Gasteiger partial charge < -0.3 is 0 Å². The number of thioether (sulfide) groups is 1. The van der Waals surface area contributed by atoms with E-state index in [1.165, 1.54) is 25.0 Å². The number of nitrogens with one attached hydrogen (secondary N) is 1. The van der Waals surface area contributed by atoms with E-state index in [-0.39, 0.29) is 0 Å². The third-order valence-corrected chi connectivity index (χ3v) is 3.76. The molecule has 1 saturated carbocycles. The van der Waals surface area contributed by atoms with Crippen molar-refractivity contribution in [1.29, 1.82) is 0 Å². The van der Waals surface area contributed by atoms with Gasteiger partial charge in [-0.25, -0.2) is 0 Å². The van der Waals surface area contributed by atoms with Gasteiger partial charge in [-0.2, -0.15) is 11.8 Å². The van der Waals surface area contributed by atoms with Crippen LogP contribution in [0.3, 0.4) is 0 Å². The van der Waals surface area contributed by atoms with Crippen molar-refractivity contribution in [3.05, 3.63) is 0 Å². The van der Waals surface area contributed by atoms with Crippen molar-refractivity contribution in [2.24, 2.45) is 11.8 Å². The van der Waals surface area contributed by atoms with Crippen molar-refractivity contribution in [2.45, 2.75) is 44.4 Å². The molecule has 0 saturated heterocycles. The van der Waals surface area contributed by atoms with Crippen molar-refractivity contribution >= 4 is 11.8 Å². The normalized spacial score (nSPS) is 21.0. The maximum absolute atomic E-state index is 5.51. The van der Waals surface area contributed by atoms with Gasteiger partial charge in [-0.05, 0) is 24.0 Å². The summed E-state index contributed by atoms with van der Waals surface area (Å²) < 4.78 is 0. The number of rotatable bonds is 5. The molecule has 1 rings (SSSR count). The molecule has 0 aromatic carbocycles. The molecule has 0 spiro atoms. The van der Waals surface area contributed by atoms with E-state index in [9.17, 15) is 0 Å². The van der Waals surface area contributed by atoms with Crippen LogP contribution in [0.5, 0.6) is 0 Å². The minimum absolute atomic E-state index is 0.547. The molecule has 1 atom stereocenters. The Balaban J connectivity index is 2.15. The molecule has 0 heterocycles. The van der Waals surface area contributed by atoms with Gasteiger partial charge in [0, 0.05) is 11.8 Å². The Labute approximate surface area is 79.6 Å². The number of nitrogens with two attached hydrogens (primary N) is 1. The highest BCUT2D eigenvalue weighted by Crippen LogP contribution is 2.31. The zero-order valence-corrected chi connectivity index (χ0v) is 8.86. The summed E-state index contributed by atoms with van der Waals surface area (Å²) >= 11 is 2.00. The minimum atomic E-state index is 0.547. The molecular weight excluding hydrogens is 168 g/mol. The lowest BCUT2D eigenvalue weighted by Crippen LogP contribution is -2.45. The summed E-state index contributed by atoms with van der Waals surface area (Å²) in [4.78, 5) is 0. The first-order valence-electron chi connectivity index (χ1n) is 4.81. The summed E-state index contributed by atoms with van der Waals surface area (Å²) in [6.07, 6.45) is 4.14. The van der Waals surface area contributed by atoms with E-state index >= 15 is 0 Å². The molecule has 12 heavy (non-hydrogen) atoms. The number of hydrazine groups is 1. The second-order valence-electron chi connectivity index (χ2n) is 3.85. The first-order chi connectivity index (χ1) is 5.74. The Morgan fingerprint density at radius 3 is 2.50 bits per heavy atom. The van der Waals surface area contributed by atoms with Crippen LogP contribution < -0.4 is 11.3 Å². The van der Waals surface area contributed by atoms with Gasteiger partial charge >= 0.3 is 0 Å². The number of hydrogen-bond donors (Lipinski definition) is 2. The Morgan fingerprint density at radius 2 is 2.17 bits per heavy atom. The third-order valence-electron chi connectivity index (χ3n) is 2.54. The summed E-state index contributed by atoms with van der Waals surface area (Å²) in [5.74, 6) is 7.52. The molecule has 1 fully saturated rings. The summed E-state index contributed by atoms with van der Waals surface area (Å²) in [5, 5.41) is 0.723. The second-order valence-corrected chi connectivity index (χ2v) is 5.46. The van der Waals surface area contributed by atoms with Crippen LogP contribution in [0.2, 0.25) is 0 Å². The summed E-state index contributed by atoms with van der Waals surface area (Å²) in [7, 11) is 0. The van der Waals surface area contributed by atoms with E-state index < -0.39 is 0 Å². The monoisotopic (exact) mass is 188 g/mol. The van der Waals surface area contributed by atoms with Gasteiger partial charge in [0.2, 0.25) is 0 Å². The molecule has 72 valence electrons. The van der Waals surface area contributed by atoms with Gasteiger partial charge in [0.15, 0.2) is 0 Å². The molecule has 0 aliphatic heterocycles. The molecule has 0 bridgehead atoms. The summed E-state index contributed by atoms with van der Waals surface area (Å²) in [6.45, 7) is 4.47. The first-order valence-corrected chi connectivity index (χ1v) is 5.86. The second kappa shape index (κ2) is 5.10. The fraction of sp³-hybridized carbons (Fsp3) is 1.00. The molecule has 0 aromatic heterocycles. The van der Waals surface area contributed by atoms with Gasteiger partial charge in [0.25, 0.3) is 0 Å². The van der Waals surface area contributed by atoms with E-state index in [2.05, 4.69) is 19.3 Å². The van der Waals surface area contributed by atoms with Crippen LogP contribution in [-0.2, 0) is 0 Å². The predicted molar refractivity (Wildman–Crippen MR) is 56.0 cm³/mol. The lowest BCUT2D eigenvalue weighted by molar-refractivity contribution is 0.245. The summed E-state index contributed by atoms with van der Waals surface area (Å²) in [5.41, 5.74) is 2.94. The smallest absolute Gasteiger partial charge is 0.0329 e. The van der Waals surface area contributed by atoms with Crippen molar-refractivity contribution in [3.8, 4) is 0 Å². The zero-order chi connectivity index (χ0) is 8.97. The van der Waals surface area contributed by atoms with Gasteiger partial charge in [0.1, 0.15) is 0 Å². The molecule has 1 unspecified atom stereocenters. The predicted octanol–water partition coefficient (Wildman–Crippen LogP) is 1.76. The van der Waals surface area contributed by atoms with Gasteiger partial charge in [-0.15, -0.1) is 0 Å². The maximum Gasteiger partial charge on any atom is 0.0329 e. The molecular formula is C9H20N2S. The molecule has 0 amide bonds. The zero-order valence-electron chi connectivity index (χ0n) is 8.05. The van der Waals surface area contributed by atoms with Crippen LogP contribution in [0.15, 0.2) is 0 Å². The fourth-order valence-corrected chi connectivity index (χ4v) is 2.42. The van der Waals surface area contributed by atoms with E-state index in [1.807, 2.05) is 11.8 Å². The van der Waals surface area contributed by atoms with Crippen LogP contribution in [0, 0.1) is 5.92 Å². The average molecular weight is 188 g/mol. The highest BCUT2D eigenvalue weighted by Gasteiger charge is 2.26. The van der Waals surface area contributed by atoms with Crippen molar-refractivity contribution < 1.29 is 0 Å². The fourth-order valence-electron chi connectivity index (χ4n) is 1.46. The van der Waals surface area contributed by atoms with Crippen LogP contribution >= 0.6 is 11.8 Å². The topological polar surface area (TPSA) is 38.0 Å². The molecule has 2 nitrogen and oxygen atoms in total. The van der Waals surface area contributed by atoms with E-state index in [4.69, 9.17) is 5.84 Å². The van der Waals surface area contributed by atoms with Crippen molar-refractivity contribution in [3.63, 3.8) is 0 Å². The minimum Gasteiger partial charge on any atom is -0.271 e. The Morgan fingerprint density at radius 1 is 1.50 bits per heavy atom. The van der Waals surface area contributed by atoms with Gasteiger partial charge in [-0.3, -0.25) is 11.3 Å². The van der Waals surface area contributed by atoms with E-state index in [1.54, 1.807) is 0 Å². The van der Waals surface area contributed by atoms with Crippen LogP contribution in [0.25, 0.3) is 0 Å². The molecule has 3 heteroatoms. The van der Waals surface area contributed by atoms with E-state index in [0.717, 1.165) is 11.2 Å². The third kappa shape index (κ3) is 2.96. The van der Waals surface area contributed by atoms with E-state index in [0.29, 0.717) is 6.04 Å². The van der Waals surface area contributed by atoms with Crippen LogP contribution in [0.4, 0.5) is 0 Å². The van der Waals surface area contributed by atoms with Crippen LogP contribution in [0.1, 0.15) is 33.1 Å². The van der Waals surface area contributed by atoms with Gasteiger partial charge in [0.05, 0.1) is 0 Å². The lowest BCUT2D eigenvalue weighted by Gasteiger charge is -2.33. The number of hydrogen-bond acceptors (Lipinski definition) is 3. The standard InChI is InChI=1S/C9H20N2S/c1-7(2)12-6-9(11-10)8-4-3-5-8/h7-9,11H,3-6,10H2,1-2H3. The Kier molecular flexibility index (Phi) is 4.40. The highest BCUT2D eigenvalue weighted by molar-refractivity contribution is 7.99. The molecule has 3 N–H and O–H groups in total. The molecule has 0 radical (unpaired) electrons. The molecule has 0 aromatic rings. The Hall–Kier alpha value is 0.270. The van der Waals surface area contributed by atoms with Gasteiger partial charge in [-0.1, -0.05) is 20.3 Å². The van der Waals surface area contributed by atoms with Crippen molar-refractivity contribution in [1.82, 2.24) is 5.43 Å². The highest BCUT2D eigenvalue weighted by atomic mass is 32.2.